The number of benzene rings is 1. The normalized spacial score (nSPS) is 22.6. The number of hydrogen-bond donors (Lipinski definition) is 2. The average Bonchev–Trinajstić information content (AvgIpc) is 3.38. The van der Waals surface area contributed by atoms with Crippen LogP contribution in [0.1, 0.15) is 63.2 Å². The monoisotopic (exact) mass is 409 g/mol. The van der Waals surface area contributed by atoms with E-state index < -0.39 is 0 Å². The zero-order valence-corrected chi connectivity index (χ0v) is 17.1. The summed E-state index contributed by atoms with van der Waals surface area (Å²) in [6, 6.07) is 6.98. The third-order valence-corrected chi connectivity index (χ3v) is 6.58. The number of rotatable bonds is 5. The summed E-state index contributed by atoms with van der Waals surface area (Å²) in [6.07, 6.45) is 10.8. The largest absolute Gasteiger partial charge is 0.393 e. The van der Waals surface area contributed by atoms with Crippen LogP contribution in [0.2, 0.25) is 0 Å². The molecule has 0 bridgehead atoms. The highest BCUT2D eigenvalue weighted by Gasteiger charge is 2.25. The molecule has 0 radical (unpaired) electrons. The fourth-order valence-corrected chi connectivity index (χ4v) is 4.91. The van der Waals surface area contributed by atoms with E-state index in [2.05, 4.69) is 14.9 Å². The molecule has 2 saturated carbocycles. The highest BCUT2D eigenvalue weighted by Crippen LogP contribution is 2.36. The van der Waals surface area contributed by atoms with Crippen molar-refractivity contribution in [1.29, 1.82) is 0 Å². The lowest BCUT2D eigenvalue weighted by Crippen LogP contribution is -2.20. The van der Waals surface area contributed by atoms with Gasteiger partial charge in [-0.25, -0.2) is 19.3 Å². The number of halogens is 1. The molecule has 0 amide bonds. The van der Waals surface area contributed by atoms with E-state index in [0.717, 1.165) is 61.9 Å². The number of nitrogens with zero attached hydrogens (tertiary/aromatic N) is 4. The van der Waals surface area contributed by atoms with Crippen LogP contribution in [0.5, 0.6) is 0 Å². The molecule has 2 aliphatic rings. The van der Waals surface area contributed by atoms with Gasteiger partial charge in [-0.05, 0) is 56.6 Å². The molecule has 2 N–H and O–H groups in total. The predicted molar refractivity (Wildman–Crippen MR) is 114 cm³/mol. The van der Waals surface area contributed by atoms with Crippen LogP contribution in [-0.4, -0.2) is 30.7 Å². The summed E-state index contributed by atoms with van der Waals surface area (Å²) in [7, 11) is 0. The molecule has 0 aliphatic heterocycles. The van der Waals surface area contributed by atoms with E-state index in [9.17, 15) is 9.50 Å². The second kappa shape index (κ2) is 8.30. The molecule has 3 aromatic rings. The smallest absolute Gasteiger partial charge is 0.210 e. The molecule has 2 aliphatic carbocycles. The first kappa shape index (κ1) is 19.4. The van der Waals surface area contributed by atoms with Crippen LogP contribution in [-0.2, 0) is 6.42 Å². The Labute approximate surface area is 175 Å². The van der Waals surface area contributed by atoms with Crippen molar-refractivity contribution in [2.24, 2.45) is 5.92 Å². The number of imidazole rings is 1. The topological polar surface area (TPSA) is 75.9 Å². The average molecular weight is 410 g/mol. The van der Waals surface area contributed by atoms with E-state index in [1.54, 1.807) is 18.3 Å². The minimum absolute atomic E-state index is 0.152. The van der Waals surface area contributed by atoms with Gasteiger partial charge in [-0.15, -0.1) is 0 Å². The summed E-state index contributed by atoms with van der Waals surface area (Å²) in [6.45, 7) is 0. The van der Waals surface area contributed by atoms with Crippen molar-refractivity contribution in [3.05, 3.63) is 42.1 Å². The van der Waals surface area contributed by atoms with Crippen molar-refractivity contribution in [2.75, 3.05) is 5.32 Å². The van der Waals surface area contributed by atoms with Crippen LogP contribution in [0.3, 0.4) is 0 Å². The van der Waals surface area contributed by atoms with Crippen LogP contribution in [0.25, 0.3) is 11.2 Å². The molecular weight excluding hydrogens is 381 g/mol. The van der Waals surface area contributed by atoms with E-state index >= 15 is 0 Å². The highest BCUT2D eigenvalue weighted by atomic mass is 19.1. The number of anilines is 2. The second-order valence-electron chi connectivity index (χ2n) is 8.72. The Morgan fingerprint density at radius 2 is 1.80 bits per heavy atom. The van der Waals surface area contributed by atoms with Crippen LogP contribution >= 0.6 is 0 Å². The minimum atomic E-state index is -0.297. The fraction of sp³-hybridized carbons (Fsp3) is 0.522. The Kier molecular flexibility index (Phi) is 5.37. The van der Waals surface area contributed by atoms with Crippen molar-refractivity contribution in [1.82, 2.24) is 19.5 Å². The van der Waals surface area contributed by atoms with Gasteiger partial charge in [-0.2, -0.15) is 0 Å². The molecule has 2 aromatic heterocycles. The molecule has 0 spiro atoms. The summed E-state index contributed by atoms with van der Waals surface area (Å²) in [5, 5.41) is 13.0. The lowest BCUT2D eigenvalue weighted by atomic mass is 9.85. The maximum Gasteiger partial charge on any atom is 0.210 e. The van der Waals surface area contributed by atoms with Gasteiger partial charge in [-0.1, -0.05) is 25.0 Å². The van der Waals surface area contributed by atoms with E-state index in [-0.39, 0.29) is 11.9 Å². The van der Waals surface area contributed by atoms with Gasteiger partial charge in [0.15, 0.2) is 5.65 Å². The third kappa shape index (κ3) is 3.90. The second-order valence-corrected chi connectivity index (χ2v) is 8.72. The van der Waals surface area contributed by atoms with E-state index in [0.29, 0.717) is 23.6 Å². The molecule has 5 rings (SSSR count). The number of aliphatic hydroxyl groups excluding tert-OH is 1. The van der Waals surface area contributed by atoms with Gasteiger partial charge in [-0.3, -0.25) is 4.57 Å². The lowest BCUT2D eigenvalue weighted by Gasteiger charge is -2.24. The molecule has 158 valence electrons. The summed E-state index contributed by atoms with van der Waals surface area (Å²) < 4.78 is 16.4. The standard InChI is InChI=1S/C23H28FN5O/c24-18-7-3-4-8-19(18)26-23-27-20-14-25-21(13-15-9-11-17(30)12-10-15)28-22(20)29(23)16-5-1-2-6-16/h3-4,7-8,14-17,30H,1-2,5-6,9-13H2,(H,26,27). The third-order valence-electron chi connectivity index (χ3n) is 6.58. The van der Waals surface area contributed by atoms with Crippen LogP contribution in [0.15, 0.2) is 30.5 Å². The van der Waals surface area contributed by atoms with Crippen molar-refractivity contribution in [3.8, 4) is 0 Å². The Morgan fingerprint density at radius 3 is 2.57 bits per heavy atom. The number of hydrogen-bond acceptors (Lipinski definition) is 5. The van der Waals surface area contributed by atoms with E-state index in [1.807, 2.05) is 6.07 Å². The number of nitrogens with one attached hydrogen (secondary N) is 1. The van der Waals surface area contributed by atoms with E-state index in [1.165, 1.54) is 18.9 Å². The van der Waals surface area contributed by atoms with Crippen molar-refractivity contribution >= 4 is 22.8 Å². The first-order valence-corrected chi connectivity index (χ1v) is 11.1. The van der Waals surface area contributed by atoms with Crippen molar-refractivity contribution in [3.63, 3.8) is 0 Å². The molecule has 0 unspecified atom stereocenters. The fourth-order valence-electron chi connectivity index (χ4n) is 4.91. The number of aliphatic hydroxyl groups is 1. The van der Waals surface area contributed by atoms with Crippen LogP contribution in [0.4, 0.5) is 16.0 Å². The molecule has 0 saturated heterocycles. The molecular formula is C23H28FN5O. The van der Waals surface area contributed by atoms with Gasteiger partial charge < -0.3 is 10.4 Å². The maximum absolute atomic E-state index is 14.2. The van der Waals surface area contributed by atoms with E-state index in [4.69, 9.17) is 9.97 Å². The van der Waals surface area contributed by atoms with Crippen molar-refractivity contribution < 1.29 is 9.50 Å². The number of fused-ring (bicyclic) bond motifs is 1. The maximum atomic E-state index is 14.2. The summed E-state index contributed by atoms with van der Waals surface area (Å²) >= 11 is 0. The molecule has 2 fully saturated rings. The first-order chi connectivity index (χ1) is 14.7. The molecule has 1 aromatic carbocycles. The first-order valence-electron chi connectivity index (χ1n) is 11.1. The lowest BCUT2D eigenvalue weighted by molar-refractivity contribution is 0.108. The Morgan fingerprint density at radius 1 is 1.03 bits per heavy atom. The van der Waals surface area contributed by atoms with Gasteiger partial charge in [0.2, 0.25) is 5.95 Å². The summed E-state index contributed by atoms with van der Waals surface area (Å²) in [5.74, 6) is 1.69. The Balaban J connectivity index is 1.49. The molecule has 2 heterocycles. The van der Waals surface area contributed by atoms with Gasteiger partial charge >= 0.3 is 0 Å². The Bertz CT molecular complexity index is 1020. The predicted octanol–water partition coefficient (Wildman–Crippen LogP) is 4.92. The summed E-state index contributed by atoms with van der Waals surface area (Å²) in [5.41, 5.74) is 1.99. The minimum Gasteiger partial charge on any atom is -0.393 e. The molecule has 6 nitrogen and oxygen atoms in total. The number of para-hydroxylation sites is 1. The van der Waals surface area contributed by atoms with Crippen LogP contribution < -0.4 is 5.32 Å². The van der Waals surface area contributed by atoms with Gasteiger partial charge in [0.25, 0.3) is 0 Å². The molecule has 0 atom stereocenters. The van der Waals surface area contributed by atoms with Crippen LogP contribution in [0, 0.1) is 11.7 Å². The molecule has 7 heteroatoms. The van der Waals surface area contributed by atoms with Crippen molar-refractivity contribution in [2.45, 2.75) is 69.9 Å². The van der Waals surface area contributed by atoms with Gasteiger partial charge in [0.1, 0.15) is 17.2 Å². The highest BCUT2D eigenvalue weighted by molar-refractivity contribution is 5.75. The quantitative estimate of drug-likeness (QED) is 0.626. The van der Waals surface area contributed by atoms with Gasteiger partial charge in [0.05, 0.1) is 18.0 Å². The Hall–Kier alpha value is -2.54. The van der Waals surface area contributed by atoms with Gasteiger partial charge in [0, 0.05) is 12.5 Å². The zero-order chi connectivity index (χ0) is 20.5. The number of aromatic nitrogens is 4. The zero-order valence-electron chi connectivity index (χ0n) is 17.1. The molecule has 30 heavy (non-hydrogen) atoms. The SMILES string of the molecule is OC1CCC(Cc2ncc3nc(Nc4ccccc4F)n(C4CCCC4)c3n2)CC1. The summed E-state index contributed by atoms with van der Waals surface area (Å²) in [4.78, 5) is 14.2.